The van der Waals surface area contributed by atoms with Gasteiger partial charge in [0.25, 0.3) is 0 Å². The van der Waals surface area contributed by atoms with Crippen molar-refractivity contribution in [3.05, 3.63) is 0 Å². The molecule has 0 aromatic rings. The predicted octanol–water partition coefficient (Wildman–Crippen LogP) is -62.3. The van der Waals surface area contributed by atoms with Gasteiger partial charge in [-0.15, -0.1) is 0 Å². The fourth-order valence-corrected chi connectivity index (χ4v) is 0. The Morgan fingerprint density at radius 2 is 0.0435 bits per heavy atom. The molecule has 0 aliphatic heterocycles. The largest absolute Gasteiger partial charge is 3.00 e. The summed E-state index contributed by atoms with van der Waals surface area (Å²) in [6, 6.07) is 0. The average molecular weight is 7110 g/mol. The smallest absolute Gasteiger partial charge is 2.00 e. The Balaban J connectivity index is 0. The van der Waals surface area contributed by atoms with Gasteiger partial charge in [-0.3, -0.25) is 0 Å². The van der Waals surface area contributed by atoms with Crippen molar-refractivity contribution in [2.75, 3.05) is 0 Å². The summed E-state index contributed by atoms with van der Waals surface area (Å²) in [5.41, 5.74) is 0. The molecule has 0 saturated heterocycles. The number of hydrogen-bond acceptors (Lipinski definition) is 0. The molecule has 0 heterocycles. The van der Waals surface area contributed by atoms with Crippen LogP contribution in [0.25, 0.3) is 0 Å². The van der Waals surface area contributed by atoms with Crippen LogP contribution in [0, 0.1) is 148 Å². The molecule has 0 saturated carbocycles. The summed E-state index contributed by atoms with van der Waals surface area (Å²) in [6.07, 6.45) is 0. The Labute approximate surface area is 1910 Å². The second-order valence-corrected chi connectivity index (χ2v) is 0. The third-order valence-corrected chi connectivity index (χ3v) is 0. The Bertz CT molecular complexity index is 183. The van der Waals surface area contributed by atoms with E-state index in [-0.39, 0.29) is 1970 Å². The summed E-state index contributed by atoms with van der Waals surface area (Å²) in [5, 5.41) is 0. The van der Waals surface area contributed by atoms with Crippen molar-refractivity contribution >= 4 is 24.4 Å². The van der Waals surface area contributed by atoms with E-state index in [0.717, 1.165) is 0 Å². The third-order valence-electron chi connectivity index (χ3n) is 0. The topological polar surface area (TPSA) is 2730 Å². The first kappa shape index (κ1) is 3190. The zero-order valence-electron chi connectivity index (χ0n) is 65.9. The molecule has 0 atom stereocenters. The van der Waals surface area contributed by atoms with Crippen molar-refractivity contribution in [2.45, 2.75) is 0 Å². The van der Waals surface area contributed by atoms with Gasteiger partial charge in [0.15, 0.2) is 0 Å². The van der Waals surface area contributed by atoms with E-state index in [1.165, 1.54) is 0 Å². The van der Waals surface area contributed by atoms with Gasteiger partial charge < -0.3 is 520 Å². The molecule has 0 aromatic heterocycles. The van der Waals surface area contributed by atoms with Crippen molar-refractivity contribution in [1.82, 2.24) is 0 Å². The summed E-state index contributed by atoms with van der Waals surface area (Å²) < 4.78 is 0. The molecule has 95 nitrogen and oxygen atoms in total. The monoisotopic (exact) mass is 7110 g/mol. The van der Waals surface area contributed by atoms with Gasteiger partial charge in [-0.2, -0.15) is 0 Å². The van der Waals surface area contributed by atoms with Crippen molar-refractivity contribution in [3.8, 4) is 0 Å². The van der Waals surface area contributed by atoms with Gasteiger partial charge >= 0.3 is 943 Å². The number of rotatable bonds is 0. The fraction of sp³-hybridized carbons (Fsp3) is 0. The van der Waals surface area contributed by atoms with E-state index in [0.29, 0.717) is 0 Å². The quantitative estimate of drug-likeness (QED) is 0.204. The van der Waals surface area contributed by atoms with Gasteiger partial charge in [0.05, 0.1) is 0 Å². The summed E-state index contributed by atoms with van der Waals surface area (Å²) in [6.45, 7) is 0. The molecule has 0 aliphatic rings. The van der Waals surface area contributed by atoms with Gasteiger partial charge in [0.1, 0.15) is 0 Å². The third kappa shape index (κ3) is 3080. The maximum absolute atomic E-state index is 0. The van der Waals surface area contributed by atoms with Gasteiger partial charge in [-0.25, -0.2) is 0 Å². The predicted molar refractivity (Wildman–Crippen MR) is 94.4 cm³/mol. The second-order valence-electron chi connectivity index (χ2n) is 0. The molecule has 2 radical (unpaired) electrons. The maximum atomic E-state index is 0. The standard InChI is InChI=1S/3Eu.15K.8H2O.87O.Sb.24W/h;;;;;;;;;;;;;;;;;;8*1H2;;;;;;;;;;;;;;;;;;;;;;;;;;;;;;;;;;;;;;;;;;;;;;;;;;;;;;;;;;;;;;;;;;;;;;;;;;;;;;;;;;;;;;;;;;;;;;;;;;;;;;;;;;;;;;;;/q3*+3;15*+1;;;;;;;;;87*-2;+3;;;;;;;;;;;;;;;;;;;;;;;;. The van der Waals surface area contributed by atoms with Crippen LogP contribution in [-0.2, 0) is 982 Å². The molecule has 918 valence electrons. The minimum atomic E-state index is 0. The van der Waals surface area contributed by atoms with E-state index < -0.39 is 0 Å². The van der Waals surface area contributed by atoms with E-state index >= 15 is 0 Å². The van der Waals surface area contributed by atoms with E-state index in [1.807, 2.05) is 0 Å². The first-order chi connectivity index (χ1) is 0. The van der Waals surface area contributed by atoms with Gasteiger partial charge in [-0.05, 0) is 0 Å². The zero-order valence-corrected chi connectivity index (χ0v) is 193. The van der Waals surface area contributed by atoms with E-state index in [9.17, 15) is 0 Å². The fourth-order valence-electron chi connectivity index (χ4n) is 0. The molecule has 0 aliphatic carbocycles. The molecule has 0 unspecified atom stereocenters. The zero-order chi connectivity index (χ0) is 0. The van der Waals surface area contributed by atoms with Crippen molar-refractivity contribution in [1.29, 1.82) is 0 Å². The Morgan fingerprint density at radius 3 is 0.0435 bits per heavy atom. The summed E-state index contributed by atoms with van der Waals surface area (Å²) >= 11 is 0. The molecule has 0 spiro atoms. The van der Waals surface area contributed by atoms with E-state index in [4.69, 9.17) is 0 Å². The number of hydrogen-bond donors (Lipinski definition) is 0. The van der Waals surface area contributed by atoms with Crippen LogP contribution in [0.5, 0.6) is 0 Å². The van der Waals surface area contributed by atoms with Crippen molar-refractivity contribution in [3.63, 3.8) is 0 Å². The maximum Gasteiger partial charge on any atom is 3.00 e. The normalized spacial score (nSPS) is 0. The molecule has 0 fully saturated rings. The van der Waals surface area contributed by atoms with Gasteiger partial charge in [0.2, 0.25) is 0 Å². The first-order valence-corrected chi connectivity index (χ1v) is 0. The minimum Gasteiger partial charge on any atom is -2.00 e. The van der Waals surface area contributed by atoms with Crippen LogP contribution in [0.4, 0.5) is 0 Å². The van der Waals surface area contributed by atoms with Crippen LogP contribution >= 0.6 is 0 Å². The average Bonchev–Trinajstić information content (AvgIpc) is 0. The molecule has 138 heteroatoms. The molecule has 0 rings (SSSR count). The first-order valence-electron chi connectivity index (χ1n) is 0. The van der Waals surface area contributed by atoms with Crippen LogP contribution in [0.2, 0.25) is 0 Å². The van der Waals surface area contributed by atoms with Crippen molar-refractivity contribution < 1.29 is 1940 Å². The van der Waals surface area contributed by atoms with E-state index in [1.54, 1.807) is 0 Å². The van der Waals surface area contributed by atoms with Crippen LogP contribution in [0.15, 0.2) is 0 Å². The Kier molecular flexibility index (Phi) is 72400. The van der Waals surface area contributed by atoms with E-state index in [2.05, 4.69) is 0 Å². The minimum absolute atomic E-state index is 0. The second kappa shape index (κ2) is 3130. The molecule has 138 heavy (non-hydrogen) atoms. The van der Waals surface area contributed by atoms with Gasteiger partial charge in [-0.1, -0.05) is 0 Å². The summed E-state index contributed by atoms with van der Waals surface area (Å²) in [7, 11) is 0. The van der Waals surface area contributed by atoms with Crippen LogP contribution in [-0.4, -0.2) is 68.2 Å². The SMILES string of the molecule is O.O.O.O.O.O.O.O.[Eu+3].[Eu+3].[Eu+3].[K+].[K+].[K+].[K+].[K+].[K+].[K+].[K+].[K+].[K+].[K+].[K+].[K+].[K+].[K+].[O-2].[O-2].[O-2].[O-2].[O-2].[O-2].[O-2].[O-2].[O-2].[O-2].[O-2].[O-2].[O-2].[O-2].[O-2].[O-2].[O-2].[O-2].[O-2].[O-2].[O-2].[O-2].[O-2].[O-2].[O-2].[O-2].[O-2].[O-2].[O-2].[O-2].[O-2].[O-2].[O-2].[O-2].[O-2].[O-2].[O-2].[O-2].[O-2].[O-2].[O-2].[O-2].[O-2].[O-2].[O-2].[O-2].[O-2].[O-2].[O-2].[O-2].[O-2].[O-2].[O-2].[O-2].[O-2].[O-2].[O-2].[O-2].[O-2].[O-2].[O-2].[O-2].[O-2].[O-2].[O-2].[O-2].[O-2].[O-2].[O-2].[O-2].[O-2].[O-2].[O-2].[O-2].[O-2].[O-2].[O-2].[O-2].[O-2].[O-2].[O-2].[O-2].[O-2].[O-2].[O-2].[O-2].[O-2].[Sb+3].[W].[W].[W].[W].[W].[W].[W].[W].[W].[W].[W].[W].[W].[W].[W].[W].[W].[W].[W].[W].[W].[W].[W].[W]. The molecule has 16 N–H and O–H groups in total. The molecular weight excluding hydrogens is 7100 g/mol. The molecule has 0 aromatic carbocycles. The Morgan fingerprint density at radius 1 is 0.0435 bits per heavy atom. The van der Waals surface area contributed by atoms with Crippen LogP contribution in [0.1, 0.15) is 0 Å². The molecule has 0 bridgehead atoms. The van der Waals surface area contributed by atoms with Gasteiger partial charge in [0, 0.05) is 506 Å². The summed E-state index contributed by atoms with van der Waals surface area (Å²) in [5.74, 6) is 0. The Hall–Kier alpha value is 42.8. The molecule has 0 amide bonds. The van der Waals surface area contributed by atoms with Crippen LogP contribution in [0.3, 0.4) is 0 Å². The van der Waals surface area contributed by atoms with Crippen molar-refractivity contribution in [2.24, 2.45) is 0 Å². The summed E-state index contributed by atoms with van der Waals surface area (Å²) in [4.78, 5) is 0. The van der Waals surface area contributed by atoms with Crippen LogP contribution < -0.4 is 771 Å². The molecular formula is H16Eu3K15O95SbW24-147.